The Hall–Kier alpha value is -1.68. The molecular weight excluding hydrogens is 202 g/mol. The molecule has 0 aliphatic carbocycles. The number of aromatic nitrogens is 2. The number of nitrogens with zero attached hydrogens (tertiary/aromatic N) is 2. The van der Waals surface area contributed by atoms with E-state index < -0.39 is 0 Å². The minimum absolute atomic E-state index is 0.252. The van der Waals surface area contributed by atoms with E-state index in [2.05, 4.69) is 22.2 Å². The maximum Gasteiger partial charge on any atom is 0.0950 e. The molecule has 4 nitrogen and oxygen atoms in total. The molecule has 0 radical (unpaired) electrons. The molecule has 0 saturated carbocycles. The van der Waals surface area contributed by atoms with Gasteiger partial charge in [-0.3, -0.25) is 9.97 Å². The van der Waals surface area contributed by atoms with Crippen molar-refractivity contribution in [2.75, 3.05) is 0 Å². The predicted octanol–water partition coefficient (Wildman–Crippen LogP) is 2.23. The van der Waals surface area contributed by atoms with E-state index in [1.165, 1.54) is 0 Å². The fourth-order valence-corrected chi connectivity index (χ4v) is 1.41. The molecule has 2 heterocycles. The van der Waals surface area contributed by atoms with Crippen molar-refractivity contribution in [1.82, 2.24) is 15.3 Å². The van der Waals surface area contributed by atoms with Crippen LogP contribution in [0, 0.1) is 6.92 Å². The molecular formula is C12H15N3O. The van der Waals surface area contributed by atoms with E-state index in [0.29, 0.717) is 6.54 Å². The number of rotatable bonds is 4. The van der Waals surface area contributed by atoms with Crippen LogP contribution in [0.25, 0.3) is 0 Å². The Balaban J connectivity index is 1.90. The largest absolute Gasteiger partial charge is 0.472 e. The second-order valence-electron chi connectivity index (χ2n) is 3.81. The van der Waals surface area contributed by atoms with Crippen molar-refractivity contribution in [3.8, 4) is 0 Å². The second-order valence-corrected chi connectivity index (χ2v) is 3.81. The number of hydrogen-bond donors (Lipinski definition) is 1. The average Bonchev–Trinajstić information content (AvgIpc) is 2.81. The van der Waals surface area contributed by atoms with Gasteiger partial charge in [0.05, 0.1) is 23.9 Å². The first-order valence-electron chi connectivity index (χ1n) is 5.28. The normalized spacial score (nSPS) is 12.6. The van der Waals surface area contributed by atoms with Crippen molar-refractivity contribution >= 4 is 0 Å². The molecule has 0 aliphatic heterocycles. The highest BCUT2D eigenvalue weighted by Crippen LogP contribution is 2.12. The van der Waals surface area contributed by atoms with Crippen LogP contribution in [0.2, 0.25) is 0 Å². The van der Waals surface area contributed by atoms with E-state index in [1.807, 2.05) is 13.0 Å². The molecule has 0 bridgehead atoms. The van der Waals surface area contributed by atoms with Crippen molar-refractivity contribution in [3.63, 3.8) is 0 Å². The summed E-state index contributed by atoms with van der Waals surface area (Å²) in [4.78, 5) is 8.48. The van der Waals surface area contributed by atoms with Crippen molar-refractivity contribution < 1.29 is 4.42 Å². The lowest BCUT2D eigenvalue weighted by molar-refractivity contribution is 0.535. The number of nitrogens with one attached hydrogen (secondary N) is 1. The van der Waals surface area contributed by atoms with Gasteiger partial charge in [-0.2, -0.15) is 0 Å². The third-order valence-corrected chi connectivity index (χ3v) is 2.47. The highest BCUT2D eigenvalue weighted by molar-refractivity contribution is 5.10. The lowest BCUT2D eigenvalue weighted by Crippen LogP contribution is -2.18. The first kappa shape index (κ1) is 10.8. The van der Waals surface area contributed by atoms with Crippen LogP contribution in [0.1, 0.15) is 29.9 Å². The summed E-state index contributed by atoms with van der Waals surface area (Å²) in [6.07, 6.45) is 7.00. The molecule has 1 atom stereocenters. The van der Waals surface area contributed by atoms with Crippen molar-refractivity contribution in [2.24, 2.45) is 0 Å². The quantitative estimate of drug-likeness (QED) is 0.853. The SMILES string of the molecule is Cc1cnc(CNC(C)c2ccoc2)cn1. The fourth-order valence-electron chi connectivity index (χ4n) is 1.41. The molecule has 16 heavy (non-hydrogen) atoms. The molecule has 0 saturated heterocycles. The summed E-state index contributed by atoms with van der Waals surface area (Å²) < 4.78 is 5.04. The summed E-state index contributed by atoms with van der Waals surface area (Å²) in [5, 5.41) is 3.36. The molecule has 1 unspecified atom stereocenters. The van der Waals surface area contributed by atoms with Gasteiger partial charge in [-0.1, -0.05) is 0 Å². The highest BCUT2D eigenvalue weighted by atomic mass is 16.3. The monoisotopic (exact) mass is 217 g/mol. The summed E-state index contributed by atoms with van der Waals surface area (Å²) in [5.41, 5.74) is 3.02. The van der Waals surface area contributed by atoms with Crippen LogP contribution in [0.5, 0.6) is 0 Å². The number of hydrogen-bond acceptors (Lipinski definition) is 4. The van der Waals surface area contributed by atoms with Gasteiger partial charge in [0.1, 0.15) is 0 Å². The summed E-state index contributed by atoms with van der Waals surface area (Å²) in [5.74, 6) is 0. The zero-order valence-electron chi connectivity index (χ0n) is 9.47. The predicted molar refractivity (Wildman–Crippen MR) is 60.7 cm³/mol. The van der Waals surface area contributed by atoms with Gasteiger partial charge in [-0.05, 0) is 19.9 Å². The Kier molecular flexibility index (Phi) is 3.31. The van der Waals surface area contributed by atoms with Gasteiger partial charge in [0, 0.05) is 30.5 Å². The molecule has 1 N–H and O–H groups in total. The molecule has 2 aromatic heterocycles. The Morgan fingerprint density at radius 2 is 2.25 bits per heavy atom. The minimum Gasteiger partial charge on any atom is -0.472 e. The van der Waals surface area contributed by atoms with Crippen LogP contribution in [-0.2, 0) is 6.54 Å². The Labute approximate surface area is 94.7 Å². The Morgan fingerprint density at radius 3 is 2.88 bits per heavy atom. The maximum absolute atomic E-state index is 5.04. The zero-order valence-corrected chi connectivity index (χ0v) is 9.47. The zero-order chi connectivity index (χ0) is 11.4. The third-order valence-electron chi connectivity index (χ3n) is 2.47. The molecule has 0 aromatic carbocycles. The molecule has 2 rings (SSSR count). The summed E-state index contributed by atoms with van der Waals surface area (Å²) >= 11 is 0. The lowest BCUT2D eigenvalue weighted by atomic mass is 10.2. The average molecular weight is 217 g/mol. The van der Waals surface area contributed by atoms with Crippen LogP contribution < -0.4 is 5.32 Å². The topological polar surface area (TPSA) is 51.0 Å². The van der Waals surface area contributed by atoms with E-state index in [4.69, 9.17) is 4.42 Å². The van der Waals surface area contributed by atoms with Gasteiger partial charge in [-0.15, -0.1) is 0 Å². The number of aryl methyl sites for hydroxylation is 1. The van der Waals surface area contributed by atoms with Gasteiger partial charge in [0.2, 0.25) is 0 Å². The summed E-state index contributed by atoms with van der Waals surface area (Å²) in [6, 6.07) is 2.21. The van der Waals surface area contributed by atoms with Crippen molar-refractivity contribution in [1.29, 1.82) is 0 Å². The molecule has 4 heteroatoms. The van der Waals surface area contributed by atoms with E-state index in [1.54, 1.807) is 24.9 Å². The van der Waals surface area contributed by atoms with E-state index in [9.17, 15) is 0 Å². The van der Waals surface area contributed by atoms with E-state index in [0.717, 1.165) is 17.0 Å². The van der Waals surface area contributed by atoms with Gasteiger partial charge < -0.3 is 9.73 Å². The second kappa shape index (κ2) is 4.90. The van der Waals surface area contributed by atoms with Gasteiger partial charge in [0.15, 0.2) is 0 Å². The fraction of sp³-hybridized carbons (Fsp3) is 0.333. The number of furan rings is 1. The van der Waals surface area contributed by atoms with Crippen molar-refractivity contribution in [3.05, 3.63) is 47.9 Å². The van der Waals surface area contributed by atoms with Crippen LogP contribution >= 0.6 is 0 Å². The molecule has 0 aliphatic rings. The first-order valence-corrected chi connectivity index (χ1v) is 5.28. The van der Waals surface area contributed by atoms with Crippen LogP contribution in [0.15, 0.2) is 35.4 Å². The lowest BCUT2D eigenvalue weighted by Gasteiger charge is -2.10. The smallest absolute Gasteiger partial charge is 0.0950 e. The van der Waals surface area contributed by atoms with Crippen LogP contribution in [0.4, 0.5) is 0 Å². The first-order chi connectivity index (χ1) is 7.75. The molecule has 84 valence electrons. The molecule has 2 aromatic rings. The highest BCUT2D eigenvalue weighted by Gasteiger charge is 2.06. The van der Waals surface area contributed by atoms with E-state index >= 15 is 0 Å². The molecule has 0 spiro atoms. The maximum atomic E-state index is 5.04. The Morgan fingerprint density at radius 1 is 1.38 bits per heavy atom. The summed E-state index contributed by atoms with van der Waals surface area (Å²) in [6.45, 7) is 4.73. The molecule has 0 amide bonds. The van der Waals surface area contributed by atoms with Crippen molar-refractivity contribution in [2.45, 2.75) is 26.4 Å². The van der Waals surface area contributed by atoms with Crippen LogP contribution in [-0.4, -0.2) is 9.97 Å². The summed E-state index contributed by atoms with van der Waals surface area (Å²) in [7, 11) is 0. The van der Waals surface area contributed by atoms with Crippen LogP contribution in [0.3, 0.4) is 0 Å². The van der Waals surface area contributed by atoms with Gasteiger partial charge >= 0.3 is 0 Å². The van der Waals surface area contributed by atoms with E-state index in [-0.39, 0.29) is 6.04 Å². The van der Waals surface area contributed by atoms with Gasteiger partial charge in [-0.25, -0.2) is 0 Å². The van der Waals surface area contributed by atoms with Gasteiger partial charge in [0.25, 0.3) is 0 Å². The Bertz CT molecular complexity index is 422. The third kappa shape index (κ3) is 2.67. The minimum atomic E-state index is 0.252. The molecule has 0 fully saturated rings. The standard InChI is InChI=1S/C12H15N3O/c1-9-5-15-12(6-13-9)7-14-10(2)11-3-4-16-8-11/h3-6,8,10,14H,7H2,1-2H3.